The van der Waals surface area contributed by atoms with Gasteiger partial charge in [-0.15, -0.1) is 0 Å². The zero-order chi connectivity index (χ0) is 20.9. The van der Waals surface area contributed by atoms with Crippen LogP contribution in [0.1, 0.15) is 11.1 Å². The van der Waals surface area contributed by atoms with Gasteiger partial charge in [-0.2, -0.15) is 10.2 Å². The molecule has 3 heterocycles. The fourth-order valence-corrected chi connectivity index (χ4v) is 3.39. The van der Waals surface area contributed by atoms with Crippen molar-refractivity contribution in [1.29, 1.82) is 5.26 Å². The van der Waals surface area contributed by atoms with Crippen molar-refractivity contribution in [3.63, 3.8) is 0 Å². The topological polar surface area (TPSA) is 127 Å². The molecule has 0 spiro atoms. The number of imidazole rings is 1. The number of fused-ring (bicyclic) bond motifs is 3. The average Bonchev–Trinajstić information content (AvgIpc) is 3.13. The average molecular weight is 416 g/mol. The van der Waals surface area contributed by atoms with E-state index < -0.39 is 22.7 Å². The van der Waals surface area contributed by atoms with E-state index in [2.05, 4.69) is 4.98 Å². The second kappa shape index (κ2) is 7.95. The van der Waals surface area contributed by atoms with Gasteiger partial charge >= 0.3 is 35.2 Å². The molecule has 0 aliphatic heterocycles. The van der Waals surface area contributed by atoms with Gasteiger partial charge in [-0.3, -0.25) is 23.3 Å². The molecule has 0 saturated heterocycles. The third-order valence-electron chi connectivity index (χ3n) is 4.91. The van der Waals surface area contributed by atoms with E-state index >= 15 is 0 Å². The number of benzene rings is 1. The van der Waals surface area contributed by atoms with Crippen LogP contribution < -0.4 is 16.8 Å². The molecule has 0 aliphatic carbocycles. The van der Waals surface area contributed by atoms with E-state index in [0.717, 1.165) is 14.5 Å². The molecule has 4 rings (SSSR count). The summed E-state index contributed by atoms with van der Waals surface area (Å²) >= 11 is 0. The van der Waals surface area contributed by atoms with Crippen molar-refractivity contribution in [2.24, 2.45) is 14.1 Å². The number of aryl methyl sites for hydroxylation is 1. The molecule has 10 nitrogen and oxygen atoms in total. The first-order chi connectivity index (χ1) is 13.9. The van der Waals surface area contributed by atoms with Gasteiger partial charge in [-0.1, -0.05) is 30.3 Å². The van der Waals surface area contributed by atoms with E-state index in [4.69, 9.17) is 5.26 Å². The van der Waals surface area contributed by atoms with Gasteiger partial charge in [-0.25, -0.2) is 9.20 Å². The van der Waals surface area contributed by atoms with Crippen molar-refractivity contribution < 1.29 is 5.11 Å². The van der Waals surface area contributed by atoms with Crippen LogP contribution in [0.15, 0.2) is 44.7 Å². The SMILES string of the molecule is Cn1c(=O)c2c(nc3n(Cc4ccccc4)c(=O)c(CC#N)c(O)n23)n(C)c1=O.[NaH]. The Hall–Kier alpha value is -3.13. The fraction of sp³-hybridized carbons (Fsp3) is 0.211. The molecule has 11 heteroatoms. The Labute approximate surface area is 191 Å². The summed E-state index contributed by atoms with van der Waals surface area (Å²) in [6, 6.07) is 11.0. The Bertz CT molecular complexity index is 1510. The van der Waals surface area contributed by atoms with Crippen LogP contribution in [-0.2, 0) is 27.1 Å². The van der Waals surface area contributed by atoms with E-state index in [1.54, 1.807) is 0 Å². The molecule has 0 radical (unpaired) electrons. The Morgan fingerprint density at radius 2 is 1.73 bits per heavy atom. The maximum absolute atomic E-state index is 13.0. The van der Waals surface area contributed by atoms with Gasteiger partial charge in [0.1, 0.15) is 0 Å². The molecule has 3 aromatic heterocycles. The van der Waals surface area contributed by atoms with Gasteiger partial charge < -0.3 is 5.11 Å². The van der Waals surface area contributed by atoms with Crippen LogP contribution in [0.5, 0.6) is 5.88 Å². The van der Waals surface area contributed by atoms with Crippen LogP contribution in [0.3, 0.4) is 0 Å². The maximum atomic E-state index is 13.0. The number of nitrogens with zero attached hydrogens (tertiary/aromatic N) is 6. The van der Waals surface area contributed by atoms with Gasteiger partial charge in [-0.05, 0) is 5.56 Å². The van der Waals surface area contributed by atoms with E-state index in [-0.39, 0.29) is 65.0 Å². The van der Waals surface area contributed by atoms with Gasteiger partial charge in [0, 0.05) is 14.1 Å². The predicted octanol–water partition coefficient (Wildman–Crippen LogP) is -0.782. The van der Waals surface area contributed by atoms with E-state index in [0.29, 0.717) is 0 Å². The van der Waals surface area contributed by atoms with Crippen LogP contribution in [0.25, 0.3) is 16.9 Å². The van der Waals surface area contributed by atoms with Crippen LogP contribution in [-0.4, -0.2) is 57.7 Å². The number of aromatic hydroxyl groups is 1. The molecular formula is C19H17N6NaO4. The molecule has 148 valence electrons. The summed E-state index contributed by atoms with van der Waals surface area (Å²) in [4.78, 5) is 42.4. The quantitative estimate of drug-likeness (QED) is 0.437. The van der Waals surface area contributed by atoms with Gasteiger partial charge in [0.25, 0.3) is 11.1 Å². The first kappa shape index (κ1) is 21.6. The van der Waals surface area contributed by atoms with Gasteiger partial charge in [0.15, 0.2) is 11.2 Å². The summed E-state index contributed by atoms with van der Waals surface area (Å²) in [5, 5.41) is 19.9. The zero-order valence-electron chi connectivity index (χ0n) is 15.7. The minimum atomic E-state index is -0.668. The van der Waals surface area contributed by atoms with Crippen molar-refractivity contribution in [3.05, 3.63) is 72.7 Å². The molecule has 0 bridgehead atoms. The Morgan fingerprint density at radius 1 is 1.07 bits per heavy atom. The number of hydrogen-bond donors (Lipinski definition) is 1. The summed E-state index contributed by atoms with van der Waals surface area (Å²) in [5.74, 6) is -0.527. The first-order valence-corrected chi connectivity index (χ1v) is 8.70. The molecular weight excluding hydrogens is 399 g/mol. The van der Waals surface area contributed by atoms with Crippen LogP contribution in [0, 0.1) is 11.3 Å². The molecule has 30 heavy (non-hydrogen) atoms. The molecule has 0 atom stereocenters. The summed E-state index contributed by atoms with van der Waals surface area (Å²) < 4.78 is 4.48. The Morgan fingerprint density at radius 3 is 2.37 bits per heavy atom. The van der Waals surface area contributed by atoms with Gasteiger partial charge in [0.2, 0.25) is 11.7 Å². The second-order valence-electron chi connectivity index (χ2n) is 6.64. The number of aromatic nitrogens is 5. The van der Waals surface area contributed by atoms with Crippen molar-refractivity contribution in [1.82, 2.24) is 23.1 Å². The molecule has 1 N–H and O–H groups in total. The van der Waals surface area contributed by atoms with Crippen LogP contribution >= 0.6 is 0 Å². The summed E-state index contributed by atoms with van der Waals surface area (Å²) in [6.45, 7) is 0.111. The third kappa shape index (κ3) is 3.08. The number of rotatable bonds is 3. The summed E-state index contributed by atoms with van der Waals surface area (Å²) in [5.41, 5.74) is -1.22. The number of hydrogen-bond acceptors (Lipinski definition) is 6. The summed E-state index contributed by atoms with van der Waals surface area (Å²) in [7, 11) is 2.76. The van der Waals surface area contributed by atoms with E-state index in [9.17, 15) is 19.5 Å². The first-order valence-electron chi connectivity index (χ1n) is 8.70. The molecule has 0 fully saturated rings. The van der Waals surface area contributed by atoms with Crippen molar-refractivity contribution in [2.45, 2.75) is 13.0 Å². The molecule has 0 aliphatic rings. The predicted molar refractivity (Wildman–Crippen MR) is 111 cm³/mol. The zero-order valence-corrected chi connectivity index (χ0v) is 15.7. The number of nitriles is 1. The normalized spacial score (nSPS) is 10.8. The Kier molecular flexibility index (Phi) is 5.72. The molecule has 0 unspecified atom stereocenters. The molecule has 0 saturated carbocycles. The van der Waals surface area contributed by atoms with Crippen molar-refractivity contribution >= 4 is 46.5 Å². The van der Waals surface area contributed by atoms with Crippen molar-refractivity contribution in [3.8, 4) is 11.9 Å². The molecule has 1 aromatic carbocycles. The molecule has 0 amide bonds. The Balaban J connectivity index is 0.00000256. The fourth-order valence-electron chi connectivity index (χ4n) is 3.39. The second-order valence-corrected chi connectivity index (χ2v) is 6.64. The minimum absolute atomic E-state index is 0. The van der Waals surface area contributed by atoms with E-state index in [1.165, 1.54) is 23.2 Å². The van der Waals surface area contributed by atoms with E-state index in [1.807, 2.05) is 36.4 Å². The van der Waals surface area contributed by atoms with Crippen LogP contribution in [0.2, 0.25) is 0 Å². The third-order valence-corrected chi connectivity index (χ3v) is 4.91. The standard InChI is InChI=1S/C19H16N6O4.Na.H/c1-22-14-13(17(28)23(2)19(22)29)25-16(27)12(8-9-20)15(26)24(18(25)21-14)10-11-6-4-3-5-7-11;;/h3-7,27H,8,10H2,1-2H3;;. The van der Waals surface area contributed by atoms with Gasteiger partial charge in [0.05, 0.1) is 24.6 Å². The summed E-state index contributed by atoms with van der Waals surface area (Å²) in [6.07, 6.45) is -0.346. The monoisotopic (exact) mass is 416 g/mol. The van der Waals surface area contributed by atoms with Crippen LogP contribution in [0.4, 0.5) is 0 Å². The molecule has 4 aromatic rings. The van der Waals surface area contributed by atoms with Crippen molar-refractivity contribution in [2.75, 3.05) is 0 Å².